The van der Waals surface area contributed by atoms with Crippen molar-refractivity contribution in [2.75, 3.05) is 13.7 Å². The smallest absolute Gasteiger partial charge is 0.330 e. The largest absolute Gasteiger partial charge is 0.385 e. The molecule has 0 radical (unpaired) electrons. The summed E-state index contributed by atoms with van der Waals surface area (Å²) in [7, 11) is 1.64. The van der Waals surface area contributed by atoms with Crippen LogP contribution in [-0.4, -0.2) is 22.9 Å². The Bertz CT molecular complexity index is 448. The van der Waals surface area contributed by atoms with Crippen LogP contribution in [0.4, 0.5) is 0 Å². The normalized spacial score (nSPS) is 10.7. The van der Waals surface area contributed by atoms with E-state index in [1.165, 1.54) is 10.6 Å². The standard InChI is InChI=1S/C12H20N2O3/c1-3-7-13-9-6-11(15)14(12(13)16)8-4-5-10-17-2/h6,9H,3-5,7-8,10H2,1-2H3. The molecule has 0 N–H and O–H groups in total. The Balaban J connectivity index is 2.79. The Kier molecular flexibility index (Phi) is 5.69. The fourth-order valence-electron chi connectivity index (χ4n) is 1.69. The quantitative estimate of drug-likeness (QED) is 0.664. The molecule has 0 aromatic carbocycles. The lowest BCUT2D eigenvalue weighted by Gasteiger charge is -2.08. The summed E-state index contributed by atoms with van der Waals surface area (Å²) in [6.45, 7) is 3.77. The zero-order chi connectivity index (χ0) is 12.7. The van der Waals surface area contributed by atoms with Gasteiger partial charge >= 0.3 is 5.69 Å². The van der Waals surface area contributed by atoms with Crippen LogP contribution in [-0.2, 0) is 17.8 Å². The number of methoxy groups -OCH3 is 1. The third kappa shape index (κ3) is 3.85. The zero-order valence-electron chi connectivity index (χ0n) is 10.5. The van der Waals surface area contributed by atoms with Crippen molar-refractivity contribution in [3.05, 3.63) is 33.1 Å². The van der Waals surface area contributed by atoms with E-state index in [2.05, 4.69) is 0 Å². The molecule has 0 aliphatic carbocycles. The second-order valence-corrected chi connectivity index (χ2v) is 3.98. The van der Waals surface area contributed by atoms with E-state index < -0.39 is 0 Å². The maximum Gasteiger partial charge on any atom is 0.330 e. The molecule has 5 nitrogen and oxygen atoms in total. The highest BCUT2D eigenvalue weighted by molar-refractivity contribution is 4.86. The molecule has 1 aromatic heterocycles. The third-order valence-electron chi connectivity index (χ3n) is 2.58. The van der Waals surface area contributed by atoms with E-state index in [-0.39, 0.29) is 11.2 Å². The van der Waals surface area contributed by atoms with Gasteiger partial charge in [-0.05, 0) is 19.3 Å². The summed E-state index contributed by atoms with van der Waals surface area (Å²) in [5.41, 5.74) is -0.434. The van der Waals surface area contributed by atoms with Gasteiger partial charge in [0.2, 0.25) is 0 Å². The molecule has 0 aliphatic heterocycles. The van der Waals surface area contributed by atoms with Gasteiger partial charge in [-0.1, -0.05) is 6.92 Å². The molecular weight excluding hydrogens is 220 g/mol. The van der Waals surface area contributed by atoms with Gasteiger partial charge in [-0.25, -0.2) is 4.79 Å². The van der Waals surface area contributed by atoms with Crippen molar-refractivity contribution in [3.8, 4) is 0 Å². The van der Waals surface area contributed by atoms with Crippen molar-refractivity contribution >= 4 is 0 Å². The number of nitrogens with zero attached hydrogens (tertiary/aromatic N) is 2. The van der Waals surface area contributed by atoms with Gasteiger partial charge in [0.1, 0.15) is 0 Å². The molecular formula is C12H20N2O3. The van der Waals surface area contributed by atoms with E-state index in [9.17, 15) is 9.59 Å². The summed E-state index contributed by atoms with van der Waals surface area (Å²) >= 11 is 0. The maximum absolute atomic E-state index is 11.9. The predicted octanol–water partition coefficient (Wildman–Crippen LogP) is 0.847. The molecule has 0 saturated carbocycles. The molecule has 0 spiro atoms. The Morgan fingerprint density at radius 3 is 2.65 bits per heavy atom. The lowest BCUT2D eigenvalue weighted by Crippen LogP contribution is -2.39. The number of aromatic nitrogens is 2. The molecule has 0 atom stereocenters. The van der Waals surface area contributed by atoms with Crippen LogP contribution in [0.3, 0.4) is 0 Å². The van der Waals surface area contributed by atoms with Gasteiger partial charge in [0.25, 0.3) is 5.56 Å². The average molecular weight is 240 g/mol. The highest BCUT2D eigenvalue weighted by Gasteiger charge is 2.03. The van der Waals surface area contributed by atoms with Gasteiger partial charge < -0.3 is 9.30 Å². The van der Waals surface area contributed by atoms with Crippen LogP contribution in [0.25, 0.3) is 0 Å². The topological polar surface area (TPSA) is 53.2 Å². The van der Waals surface area contributed by atoms with Crippen LogP contribution in [0.2, 0.25) is 0 Å². The first-order valence-electron chi connectivity index (χ1n) is 6.00. The lowest BCUT2D eigenvalue weighted by atomic mass is 10.3. The molecule has 96 valence electrons. The van der Waals surface area contributed by atoms with Crippen LogP contribution in [0.15, 0.2) is 21.9 Å². The van der Waals surface area contributed by atoms with E-state index in [0.29, 0.717) is 19.7 Å². The predicted molar refractivity (Wildman–Crippen MR) is 66.4 cm³/mol. The Morgan fingerprint density at radius 1 is 1.24 bits per heavy atom. The summed E-state index contributed by atoms with van der Waals surface area (Å²) in [6.07, 6.45) is 4.08. The van der Waals surface area contributed by atoms with Crippen molar-refractivity contribution in [3.63, 3.8) is 0 Å². The third-order valence-corrected chi connectivity index (χ3v) is 2.58. The van der Waals surface area contributed by atoms with E-state index in [1.807, 2.05) is 6.92 Å². The first kappa shape index (κ1) is 13.7. The summed E-state index contributed by atoms with van der Waals surface area (Å²) in [4.78, 5) is 23.5. The summed E-state index contributed by atoms with van der Waals surface area (Å²) < 4.78 is 7.81. The zero-order valence-corrected chi connectivity index (χ0v) is 10.5. The van der Waals surface area contributed by atoms with E-state index >= 15 is 0 Å². The molecule has 0 amide bonds. The van der Waals surface area contributed by atoms with Gasteiger partial charge in [-0.3, -0.25) is 9.36 Å². The second-order valence-electron chi connectivity index (χ2n) is 3.98. The molecule has 1 rings (SSSR count). The first-order chi connectivity index (χ1) is 8.20. The van der Waals surface area contributed by atoms with Gasteiger partial charge in [0.15, 0.2) is 0 Å². The van der Waals surface area contributed by atoms with E-state index in [0.717, 1.165) is 19.3 Å². The Hall–Kier alpha value is -1.36. The SMILES string of the molecule is CCCn1ccc(=O)n(CCCCOC)c1=O. The van der Waals surface area contributed by atoms with Gasteiger partial charge in [-0.15, -0.1) is 0 Å². The highest BCUT2D eigenvalue weighted by Crippen LogP contribution is 1.91. The average Bonchev–Trinajstić information content (AvgIpc) is 2.32. The van der Waals surface area contributed by atoms with Crippen LogP contribution in [0, 0.1) is 0 Å². The fraction of sp³-hybridized carbons (Fsp3) is 0.667. The lowest BCUT2D eigenvalue weighted by molar-refractivity contribution is 0.191. The monoisotopic (exact) mass is 240 g/mol. The summed E-state index contributed by atoms with van der Waals surface area (Å²) in [5.74, 6) is 0. The number of hydrogen-bond acceptors (Lipinski definition) is 3. The van der Waals surface area contributed by atoms with Crippen molar-refractivity contribution < 1.29 is 4.74 Å². The summed E-state index contributed by atoms with van der Waals surface area (Å²) in [6, 6.07) is 1.45. The van der Waals surface area contributed by atoms with Crippen LogP contribution in [0.5, 0.6) is 0 Å². The fourth-order valence-corrected chi connectivity index (χ4v) is 1.69. The van der Waals surface area contributed by atoms with Crippen LogP contribution < -0.4 is 11.2 Å². The summed E-state index contributed by atoms with van der Waals surface area (Å²) in [5, 5.41) is 0. The van der Waals surface area contributed by atoms with Crippen molar-refractivity contribution in [2.45, 2.75) is 39.3 Å². The molecule has 0 saturated heterocycles. The minimum atomic E-state index is -0.222. The van der Waals surface area contributed by atoms with E-state index in [1.54, 1.807) is 17.9 Å². The number of aryl methyl sites for hydroxylation is 1. The number of hydrogen-bond donors (Lipinski definition) is 0. The molecule has 5 heteroatoms. The molecule has 0 unspecified atom stereocenters. The van der Waals surface area contributed by atoms with Crippen LogP contribution in [0.1, 0.15) is 26.2 Å². The van der Waals surface area contributed by atoms with Crippen molar-refractivity contribution in [2.24, 2.45) is 0 Å². The first-order valence-corrected chi connectivity index (χ1v) is 6.00. The molecule has 0 aliphatic rings. The van der Waals surface area contributed by atoms with Crippen molar-refractivity contribution in [1.29, 1.82) is 0 Å². The van der Waals surface area contributed by atoms with Crippen molar-refractivity contribution in [1.82, 2.24) is 9.13 Å². The van der Waals surface area contributed by atoms with Gasteiger partial charge in [0.05, 0.1) is 0 Å². The number of unbranched alkanes of at least 4 members (excludes halogenated alkanes) is 1. The van der Waals surface area contributed by atoms with Crippen LogP contribution >= 0.6 is 0 Å². The Labute approximate surface area is 101 Å². The number of rotatable bonds is 7. The molecule has 17 heavy (non-hydrogen) atoms. The van der Waals surface area contributed by atoms with E-state index in [4.69, 9.17) is 4.74 Å². The molecule has 1 aromatic rings. The minimum Gasteiger partial charge on any atom is -0.385 e. The highest BCUT2D eigenvalue weighted by atomic mass is 16.5. The maximum atomic E-state index is 11.9. The number of ether oxygens (including phenoxy) is 1. The Morgan fingerprint density at radius 2 is 2.00 bits per heavy atom. The second kappa shape index (κ2) is 7.06. The minimum absolute atomic E-state index is 0.211. The molecule has 0 bridgehead atoms. The molecule has 1 heterocycles. The molecule has 0 fully saturated rings. The van der Waals surface area contributed by atoms with Gasteiger partial charge in [-0.2, -0.15) is 0 Å². The van der Waals surface area contributed by atoms with Gasteiger partial charge in [0, 0.05) is 39.1 Å².